The number of β-lactam (4-membered cyclic amide) rings is 1. The van der Waals surface area contributed by atoms with Gasteiger partial charge in [0.2, 0.25) is 6.29 Å². The molecule has 3 atom stereocenters. The topological polar surface area (TPSA) is 172 Å². The van der Waals surface area contributed by atoms with Crippen molar-refractivity contribution in [3.63, 3.8) is 0 Å². The average molecular weight is 590 g/mol. The van der Waals surface area contributed by atoms with E-state index in [1.54, 1.807) is 13.8 Å². The molecule has 0 aromatic carbocycles. The Morgan fingerprint density at radius 3 is 2.56 bits per heavy atom. The molecular formula is C22H25F2N5O8S2. The van der Waals surface area contributed by atoms with Crippen molar-refractivity contribution in [1.29, 1.82) is 0 Å². The summed E-state index contributed by atoms with van der Waals surface area (Å²) in [5.41, 5.74) is 5.28. The van der Waals surface area contributed by atoms with E-state index < -0.39 is 54.2 Å². The van der Waals surface area contributed by atoms with Crippen molar-refractivity contribution >= 4 is 57.9 Å². The van der Waals surface area contributed by atoms with Gasteiger partial charge < -0.3 is 30.1 Å². The third-order valence-corrected chi connectivity index (χ3v) is 6.93. The Labute approximate surface area is 229 Å². The second-order valence-corrected chi connectivity index (χ2v) is 10.1. The molecule has 1 fully saturated rings. The van der Waals surface area contributed by atoms with E-state index in [1.807, 2.05) is 0 Å². The molecule has 0 aliphatic carbocycles. The summed E-state index contributed by atoms with van der Waals surface area (Å²) in [6, 6.07) is -1.10. The number of hydrogen-bond acceptors (Lipinski definition) is 13. The van der Waals surface area contributed by atoms with Gasteiger partial charge in [0.05, 0.1) is 6.10 Å². The van der Waals surface area contributed by atoms with Crippen LogP contribution in [0.2, 0.25) is 0 Å². The third-order valence-electron chi connectivity index (χ3n) is 4.95. The lowest BCUT2D eigenvalue weighted by atomic mass is 10.0. The number of anilines is 1. The van der Waals surface area contributed by atoms with Gasteiger partial charge in [0.25, 0.3) is 18.2 Å². The summed E-state index contributed by atoms with van der Waals surface area (Å²) in [6.45, 7) is 4.42. The number of amides is 2. The molecule has 3 heterocycles. The van der Waals surface area contributed by atoms with Gasteiger partial charge in [-0.15, -0.1) is 23.1 Å². The standard InChI is InChI=1S/C22H25F2N5O8S2/c1-9(2)35-22(33)37-10(3)36-20(32)16-11(5-6-13(23)24)7-38-19-15(18(31)29(16)19)27-17(30)14(28-34-4)12-8-39-21(25)26-12/h5-6,8-10,13,15,19H,7H2,1-4H3,(H2,25,26)(H,27,30)/b6-5-,28-14-/t10?,15-,19-/m1/s1. The Kier molecular flexibility index (Phi) is 9.85. The molecule has 1 unspecified atom stereocenters. The van der Waals surface area contributed by atoms with Crippen LogP contribution in [0.5, 0.6) is 0 Å². The average Bonchev–Trinajstić information content (AvgIpc) is 3.28. The SMILES string of the molecule is CO/N=C(\C(=O)N[C@@H]1C(=O)N2C(C(=O)OC(C)OC(=O)OC(C)C)=C(/C=C\C(F)F)CS[C@H]12)c1csc(N)n1. The van der Waals surface area contributed by atoms with E-state index in [-0.39, 0.29) is 33.6 Å². The summed E-state index contributed by atoms with van der Waals surface area (Å²) in [6.07, 6.45) is -4.25. The molecule has 17 heteroatoms. The number of nitrogens with zero attached hydrogens (tertiary/aromatic N) is 3. The quantitative estimate of drug-likeness (QED) is 0.134. The Hall–Kier alpha value is -3.73. The number of aromatic nitrogens is 1. The normalized spacial score (nSPS) is 20.1. The number of fused-ring (bicyclic) bond motifs is 1. The highest BCUT2D eigenvalue weighted by molar-refractivity contribution is 8.00. The van der Waals surface area contributed by atoms with Crippen molar-refractivity contribution < 1.29 is 47.0 Å². The predicted molar refractivity (Wildman–Crippen MR) is 136 cm³/mol. The number of nitrogens with two attached hydrogens (primary N) is 1. The van der Waals surface area contributed by atoms with Gasteiger partial charge in [-0.3, -0.25) is 14.5 Å². The largest absolute Gasteiger partial charge is 0.511 e. The van der Waals surface area contributed by atoms with E-state index in [1.165, 1.54) is 19.4 Å². The highest BCUT2D eigenvalue weighted by atomic mass is 32.2. The van der Waals surface area contributed by atoms with Crippen molar-refractivity contribution in [2.75, 3.05) is 18.6 Å². The van der Waals surface area contributed by atoms with E-state index in [2.05, 4.69) is 15.5 Å². The maximum Gasteiger partial charge on any atom is 0.511 e. The lowest BCUT2D eigenvalue weighted by molar-refractivity contribution is -0.169. The number of nitrogen functional groups attached to an aromatic ring is 1. The minimum atomic E-state index is -2.82. The zero-order valence-corrected chi connectivity index (χ0v) is 22.7. The first-order valence-electron chi connectivity index (χ1n) is 11.3. The third kappa shape index (κ3) is 7.23. The number of alkyl halides is 2. The fraction of sp³-hybridized carbons (Fsp3) is 0.455. The molecule has 1 saturated heterocycles. The van der Waals surface area contributed by atoms with Crippen LogP contribution in [0.1, 0.15) is 26.5 Å². The number of halogens is 2. The van der Waals surface area contributed by atoms with Crippen LogP contribution in [0.4, 0.5) is 18.7 Å². The molecule has 13 nitrogen and oxygen atoms in total. The van der Waals surface area contributed by atoms with Gasteiger partial charge in [-0.1, -0.05) is 11.2 Å². The van der Waals surface area contributed by atoms with Gasteiger partial charge in [-0.05, 0) is 25.5 Å². The number of thiazole rings is 1. The highest BCUT2D eigenvalue weighted by Gasteiger charge is 2.54. The minimum Gasteiger partial charge on any atom is -0.431 e. The number of hydrogen-bond donors (Lipinski definition) is 2. The number of esters is 1. The molecule has 0 spiro atoms. The maximum atomic E-state index is 13.1. The van der Waals surface area contributed by atoms with E-state index in [4.69, 9.17) is 24.8 Å². The van der Waals surface area contributed by atoms with Crippen LogP contribution in [0.15, 0.2) is 34.0 Å². The van der Waals surface area contributed by atoms with Crippen molar-refractivity contribution in [1.82, 2.24) is 15.2 Å². The second kappa shape index (κ2) is 12.9. The molecule has 3 rings (SSSR count). The van der Waals surface area contributed by atoms with Gasteiger partial charge in [0, 0.05) is 18.1 Å². The molecule has 39 heavy (non-hydrogen) atoms. The van der Waals surface area contributed by atoms with Crippen LogP contribution in [0.3, 0.4) is 0 Å². The van der Waals surface area contributed by atoms with Crippen molar-refractivity contribution in [3.8, 4) is 0 Å². The number of carbonyl (C=O) groups is 4. The summed E-state index contributed by atoms with van der Waals surface area (Å²) < 4.78 is 40.5. The first-order chi connectivity index (χ1) is 18.4. The number of oxime groups is 1. The zero-order valence-electron chi connectivity index (χ0n) is 21.1. The van der Waals surface area contributed by atoms with Crippen LogP contribution in [-0.2, 0) is 33.4 Å². The monoisotopic (exact) mass is 589 g/mol. The van der Waals surface area contributed by atoms with Crippen LogP contribution in [-0.4, -0.2) is 82.6 Å². The van der Waals surface area contributed by atoms with Gasteiger partial charge in [0.1, 0.15) is 29.9 Å². The van der Waals surface area contributed by atoms with Crippen LogP contribution in [0, 0.1) is 0 Å². The number of carbonyl (C=O) groups excluding carboxylic acids is 4. The van der Waals surface area contributed by atoms with Crippen LogP contribution in [0.25, 0.3) is 0 Å². The number of thioether (sulfide) groups is 1. The Bertz CT molecular complexity index is 1220. The zero-order chi connectivity index (χ0) is 28.9. The molecule has 0 saturated carbocycles. The summed E-state index contributed by atoms with van der Waals surface area (Å²) in [5.74, 6) is -2.57. The number of nitrogens with one attached hydrogen (secondary N) is 1. The Morgan fingerprint density at radius 2 is 1.97 bits per heavy atom. The molecule has 1 aromatic heterocycles. The molecule has 1 aromatic rings. The van der Waals surface area contributed by atoms with Crippen molar-refractivity contribution in [3.05, 3.63) is 34.5 Å². The Balaban J connectivity index is 1.80. The molecule has 2 aliphatic heterocycles. The van der Waals surface area contributed by atoms with Crippen molar-refractivity contribution in [2.24, 2.45) is 5.16 Å². The second-order valence-electron chi connectivity index (χ2n) is 8.13. The lowest BCUT2D eigenvalue weighted by Gasteiger charge is -2.49. The summed E-state index contributed by atoms with van der Waals surface area (Å²) in [5, 5.41) is 7.08. The summed E-state index contributed by atoms with van der Waals surface area (Å²) in [7, 11) is 1.22. The first-order valence-corrected chi connectivity index (χ1v) is 13.2. The summed E-state index contributed by atoms with van der Waals surface area (Å²) >= 11 is 2.20. The van der Waals surface area contributed by atoms with E-state index in [0.29, 0.717) is 6.08 Å². The smallest absolute Gasteiger partial charge is 0.431 e. The number of allylic oxidation sites excluding steroid dienone is 2. The number of ether oxygens (including phenoxy) is 3. The van der Waals surface area contributed by atoms with Gasteiger partial charge in [0.15, 0.2) is 10.8 Å². The van der Waals surface area contributed by atoms with Gasteiger partial charge in [-0.25, -0.2) is 23.4 Å². The van der Waals surface area contributed by atoms with E-state index in [9.17, 15) is 28.0 Å². The number of rotatable bonds is 10. The first kappa shape index (κ1) is 29.8. The van der Waals surface area contributed by atoms with E-state index >= 15 is 0 Å². The Morgan fingerprint density at radius 1 is 1.26 bits per heavy atom. The molecule has 0 bridgehead atoms. The van der Waals surface area contributed by atoms with Crippen LogP contribution >= 0.6 is 23.1 Å². The predicted octanol–water partition coefficient (Wildman–Crippen LogP) is 2.00. The fourth-order valence-electron chi connectivity index (χ4n) is 3.44. The fourth-order valence-corrected chi connectivity index (χ4v) is 5.30. The molecule has 212 valence electrons. The molecule has 2 amide bonds. The molecular weight excluding hydrogens is 564 g/mol. The lowest BCUT2D eigenvalue weighted by Crippen LogP contribution is -2.71. The summed E-state index contributed by atoms with van der Waals surface area (Å²) in [4.78, 5) is 60.5. The molecule has 3 N–H and O–H groups in total. The van der Waals surface area contributed by atoms with E-state index in [0.717, 1.165) is 34.1 Å². The highest BCUT2D eigenvalue weighted by Crippen LogP contribution is 2.41. The van der Waals surface area contributed by atoms with Gasteiger partial charge >= 0.3 is 12.1 Å². The maximum absolute atomic E-state index is 13.1. The molecule has 0 radical (unpaired) electrons. The minimum absolute atomic E-state index is 0.0285. The molecule has 2 aliphatic rings. The van der Waals surface area contributed by atoms with Gasteiger partial charge in [-0.2, -0.15) is 0 Å². The van der Waals surface area contributed by atoms with Crippen molar-refractivity contribution in [2.45, 2.75) is 51.0 Å². The van der Waals surface area contributed by atoms with Crippen LogP contribution < -0.4 is 11.1 Å².